The predicted octanol–water partition coefficient (Wildman–Crippen LogP) is 2.53. The number of aryl methyl sites for hydroxylation is 1. The van der Waals surface area contributed by atoms with Gasteiger partial charge in [-0.25, -0.2) is 10.9 Å². The van der Waals surface area contributed by atoms with Crippen molar-refractivity contribution >= 4 is 11.6 Å². The number of rotatable bonds is 5. The Balaban J connectivity index is 2.02. The van der Waals surface area contributed by atoms with Gasteiger partial charge < -0.3 is 4.74 Å². The van der Waals surface area contributed by atoms with Gasteiger partial charge in [-0.2, -0.15) is 0 Å². The molecule has 0 atom stereocenters. The maximum Gasteiger partial charge on any atom is 0.241 e. The van der Waals surface area contributed by atoms with E-state index in [1.54, 1.807) is 19.2 Å². The molecule has 0 spiro atoms. The second kappa shape index (κ2) is 6.73. The van der Waals surface area contributed by atoms with E-state index in [0.717, 1.165) is 10.6 Å². The van der Waals surface area contributed by atoms with E-state index in [0.29, 0.717) is 24.3 Å². The maximum absolute atomic E-state index is 12.1. The fourth-order valence-electron chi connectivity index (χ4n) is 1.98. The molecule has 2 N–H and O–H groups in total. The molecule has 2 aromatic carbocycles. The van der Waals surface area contributed by atoms with Gasteiger partial charge in [-0.15, -0.1) is 0 Å². The molecule has 0 aliphatic rings. The summed E-state index contributed by atoms with van der Waals surface area (Å²) in [6, 6.07) is 17.1. The minimum Gasteiger partial charge on any atom is -0.495 e. The standard InChI is InChI=1S/C16H18N2O2/c1-20-15-10-6-5-9-14(15)18(17)16(19)12-11-13-7-3-2-4-8-13/h2-10H,11-12,17H2,1H3. The molecule has 0 aromatic heterocycles. The molecule has 2 rings (SSSR count). The minimum atomic E-state index is -0.140. The van der Waals surface area contributed by atoms with Gasteiger partial charge in [0.05, 0.1) is 7.11 Å². The first kappa shape index (κ1) is 14.1. The molecule has 2 aromatic rings. The molecular formula is C16H18N2O2. The zero-order chi connectivity index (χ0) is 14.4. The van der Waals surface area contributed by atoms with Crippen LogP contribution in [0.1, 0.15) is 12.0 Å². The van der Waals surface area contributed by atoms with E-state index in [1.165, 1.54) is 0 Å². The van der Waals surface area contributed by atoms with Crippen LogP contribution in [0.15, 0.2) is 54.6 Å². The topological polar surface area (TPSA) is 55.6 Å². The van der Waals surface area contributed by atoms with Gasteiger partial charge in [-0.3, -0.25) is 4.79 Å². The van der Waals surface area contributed by atoms with Crippen molar-refractivity contribution in [2.75, 3.05) is 12.1 Å². The number of para-hydroxylation sites is 2. The molecule has 0 heterocycles. The van der Waals surface area contributed by atoms with Gasteiger partial charge in [0.25, 0.3) is 0 Å². The highest BCUT2D eigenvalue weighted by Crippen LogP contribution is 2.26. The highest BCUT2D eigenvalue weighted by molar-refractivity contribution is 5.93. The third kappa shape index (κ3) is 3.36. The van der Waals surface area contributed by atoms with Gasteiger partial charge in [0.1, 0.15) is 11.4 Å². The summed E-state index contributed by atoms with van der Waals surface area (Å²) in [5.41, 5.74) is 1.70. The van der Waals surface area contributed by atoms with Crippen molar-refractivity contribution in [3.63, 3.8) is 0 Å². The summed E-state index contributed by atoms with van der Waals surface area (Å²) < 4.78 is 5.21. The van der Waals surface area contributed by atoms with Crippen LogP contribution in [0.5, 0.6) is 5.75 Å². The van der Waals surface area contributed by atoms with Crippen LogP contribution in [0.25, 0.3) is 0 Å². The first-order valence-electron chi connectivity index (χ1n) is 6.47. The Bertz CT molecular complexity index is 570. The van der Waals surface area contributed by atoms with Gasteiger partial charge >= 0.3 is 0 Å². The maximum atomic E-state index is 12.1. The number of hydrogen-bond acceptors (Lipinski definition) is 3. The van der Waals surface area contributed by atoms with Crippen LogP contribution in [-0.2, 0) is 11.2 Å². The summed E-state index contributed by atoms with van der Waals surface area (Å²) in [5.74, 6) is 6.33. The van der Waals surface area contributed by atoms with Gasteiger partial charge in [-0.1, -0.05) is 42.5 Å². The smallest absolute Gasteiger partial charge is 0.241 e. The van der Waals surface area contributed by atoms with E-state index in [2.05, 4.69) is 0 Å². The van der Waals surface area contributed by atoms with E-state index >= 15 is 0 Å². The van der Waals surface area contributed by atoms with Crippen molar-refractivity contribution in [2.24, 2.45) is 5.84 Å². The lowest BCUT2D eigenvalue weighted by Crippen LogP contribution is -2.37. The Morgan fingerprint density at radius 2 is 1.75 bits per heavy atom. The van der Waals surface area contributed by atoms with Crippen LogP contribution in [0.2, 0.25) is 0 Å². The molecule has 0 saturated heterocycles. The molecule has 20 heavy (non-hydrogen) atoms. The predicted molar refractivity (Wildman–Crippen MR) is 79.4 cm³/mol. The Morgan fingerprint density at radius 1 is 1.10 bits per heavy atom. The van der Waals surface area contributed by atoms with Crippen LogP contribution in [0.4, 0.5) is 5.69 Å². The summed E-state index contributed by atoms with van der Waals surface area (Å²) in [7, 11) is 1.56. The normalized spacial score (nSPS) is 10.1. The number of ether oxygens (including phenoxy) is 1. The Labute approximate surface area is 118 Å². The zero-order valence-corrected chi connectivity index (χ0v) is 11.5. The lowest BCUT2D eigenvalue weighted by Gasteiger charge is -2.19. The quantitative estimate of drug-likeness (QED) is 0.516. The summed E-state index contributed by atoms with van der Waals surface area (Å²) in [4.78, 5) is 12.1. The van der Waals surface area contributed by atoms with Crippen molar-refractivity contribution in [2.45, 2.75) is 12.8 Å². The molecule has 0 saturated carbocycles. The molecule has 0 fully saturated rings. The fourth-order valence-corrected chi connectivity index (χ4v) is 1.98. The fraction of sp³-hybridized carbons (Fsp3) is 0.188. The van der Waals surface area contributed by atoms with E-state index in [1.807, 2.05) is 42.5 Å². The summed E-state index contributed by atoms with van der Waals surface area (Å²) >= 11 is 0. The van der Waals surface area contributed by atoms with Crippen molar-refractivity contribution in [1.82, 2.24) is 0 Å². The lowest BCUT2D eigenvalue weighted by molar-refractivity contribution is -0.118. The lowest BCUT2D eigenvalue weighted by atomic mass is 10.1. The first-order chi connectivity index (χ1) is 9.72. The number of methoxy groups -OCH3 is 1. The molecule has 4 nitrogen and oxygen atoms in total. The molecule has 1 amide bonds. The van der Waals surface area contributed by atoms with Gasteiger partial charge in [0.2, 0.25) is 5.91 Å². The number of carbonyl (C=O) groups is 1. The second-order valence-corrected chi connectivity index (χ2v) is 4.42. The average Bonchev–Trinajstić information content (AvgIpc) is 2.52. The number of anilines is 1. The summed E-state index contributed by atoms with van der Waals surface area (Å²) in [5, 5.41) is 1.15. The third-order valence-electron chi connectivity index (χ3n) is 3.08. The van der Waals surface area contributed by atoms with E-state index in [4.69, 9.17) is 10.6 Å². The molecule has 0 radical (unpaired) electrons. The highest BCUT2D eigenvalue weighted by atomic mass is 16.5. The molecule has 0 bridgehead atoms. The molecule has 0 unspecified atom stereocenters. The minimum absolute atomic E-state index is 0.140. The number of nitrogens with two attached hydrogens (primary N) is 1. The number of benzene rings is 2. The number of amides is 1. The first-order valence-corrected chi connectivity index (χ1v) is 6.47. The van der Waals surface area contributed by atoms with Crippen molar-refractivity contribution in [3.05, 3.63) is 60.2 Å². The van der Waals surface area contributed by atoms with Crippen LogP contribution in [0, 0.1) is 0 Å². The molecule has 0 aliphatic carbocycles. The Hall–Kier alpha value is -2.33. The second-order valence-electron chi connectivity index (χ2n) is 4.42. The average molecular weight is 270 g/mol. The van der Waals surface area contributed by atoms with Crippen LogP contribution in [-0.4, -0.2) is 13.0 Å². The van der Waals surface area contributed by atoms with Crippen LogP contribution >= 0.6 is 0 Å². The Morgan fingerprint density at radius 3 is 2.45 bits per heavy atom. The van der Waals surface area contributed by atoms with Crippen LogP contribution < -0.4 is 15.6 Å². The number of hydrogen-bond donors (Lipinski definition) is 1. The van der Waals surface area contributed by atoms with Crippen molar-refractivity contribution in [3.8, 4) is 5.75 Å². The summed E-state index contributed by atoms with van der Waals surface area (Å²) in [6.45, 7) is 0. The third-order valence-corrected chi connectivity index (χ3v) is 3.08. The van der Waals surface area contributed by atoms with Gasteiger partial charge in [0.15, 0.2) is 0 Å². The van der Waals surface area contributed by atoms with Crippen molar-refractivity contribution < 1.29 is 9.53 Å². The molecular weight excluding hydrogens is 252 g/mol. The molecule has 4 heteroatoms. The van der Waals surface area contributed by atoms with Gasteiger partial charge in [0, 0.05) is 6.42 Å². The number of hydrazine groups is 1. The monoisotopic (exact) mass is 270 g/mol. The van der Waals surface area contributed by atoms with Crippen LogP contribution in [0.3, 0.4) is 0 Å². The SMILES string of the molecule is COc1ccccc1N(N)C(=O)CCc1ccccc1. The van der Waals surface area contributed by atoms with E-state index < -0.39 is 0 Å². The van der Waals surface area contributed by atoms with Crippen molar-refractivity contribution in [1.29, 1.82) is 0 Å². The molecule has 104 valence electrons. The molecule has 0 aliphatic heterocycles. The highest BCUT2D eigenvalue weighted by Gasteiger charge is 2.15. The number of nitrogens with zero attached hydrogens (tertiary/aromatic N) is 1. The van der Waals surface area contributed by atoms with E-state index in [9.17, 15) is 4.79 Å². The van der Waals surface area contributed by atoms with E-state index in [-0.39, 0.29) is 5.91 Å². The number of carbonyl (C=O) groups excluding carboxylic acids is 1. The van der Waals surface area contributed by atoms with Gasteiger partial charge in [-0.05, 0) is 24.1 Å². The Kier molecular flexibility index (Phi) is 4.74. The zero-order valence-electron chi connectivity index (χ0n) is 11.5. The largest absolute Gasteiger partial charge is 0.495 e. The summed E-state index contributed by atoms with van der Waals surface area (Å²) in [6.07, 6.45) is 1.03.